The monoisotopic (exact) mass is 279 g/mol. The molecule has 0 radical (unpaired) electrons. The van der Waals surface area contributed by atoms with Gasteiger partial charge >= 0.3 is 12.7 Å². The SMILES string of the molecule is Cl.O=C1N[C@H](c2ccc(OC(F)F)cc2)CCO1. The van der Waals surface area contributed by atoms with Gasteiger partial charge in [-0.2, -0.15) is 8.78 Å². The van der Waals surface area contributed by atoms with Gasteiger partial charge in [0, 0.05) is 6.42 Å². The lowest BCUT2D eigenvalue weighted by atomic mass is 10.0. The summed E-state index contributed by atoms with van der Waals surface area (Å²) in [5, 5.41) is 2.64. The molecule has 1 saturated heterocycles. The molecule has 1 aromatic rings. The van der Waals surface area contributed by atoms with E-state index in [1.54, 1.807) is 12.1 Å². The number of amides is 1. The molecule has 0 aliphatic carbocycles. The standard InChI is InChI=1S/C11H11F2NO3.ClH/c12-10(13)17-8-3-1-7(2-4-8)9-5-6-16-11(15)14-9;/h1-4,9-10H,5-6H2,(H,14,15);1H/t9-;/m0./s1. The Morgan fingerprint density at radius 3 is 2.56 bits per heavy atom. The van der Waals surface area contributed by atoms with E-state index in [9.17, 15) is 13.6 Å². The van der Waals surface area contributed by atoms with E-state index in [4.69, 9.17) is 4.74 Å². The van der Waals surface area contributed by atoms with Gasteiger partial charge < -0.3 is 14.8 Å². The number of benzene rings is 1. The van der Waals surface area contributed by atoms with Crippen LogP contribution in [0.25, 0.3) is 0 Å². The molecule has 0 bridgehead atoms. The third kappa shape index (κ3) is 3.73. The van der Waals surface area contributed by atoms with Crippen LogP contribution in [-0.4, -0.2) is 19.3 Å². The summed E-state index contributed by atoms with van der Waals surface area (Å²) in [5.41, 5.74) is 0.836. The van der Waals surface area contributed by atoms with Crippen molar-refractivity contribution in [3.63, 3.8) is 0 Å². The van der Waals surface area contributed by atoms with Crippen LogP contribution in [0.3, 0.4) is 0 Å². The summed E-state index contributed by atoms with van der Waals surface area (Å²) < 4.78 is 32.8. The van der Waals surface area contributed by atoms with E-state index in [0.29, 0.717) is 13.0 Å². The zero-order valence-electron chi connectivity index (χ0n) is 9.27. The largest absolute Gasteiger partial charge is 0.449 e. The molecule has 1 amide bonds. The number of halogens is 3. The summed E-state index contributed by atoms with van der Waals surface area (Å²) in [6.45, 7) is -2.48. The molecule has 7 heteroatoms. The number of carbonyl (C=O) groups excluding carboxylic acids is 1. The van der Waals surface area contributed by atoms with E-state index in [-0.39, 0.29) is 24.2 Å². The van der Waals surface area contributed by atoms with E-state index in [1.807, 2.05) is 0 Å². The molecule has 0 spiro atoms. The highest BCUT2D eigenvalue weighted by atomic mass is 35.5. The maximum Gasteiger partial charge on any atom is 0.407 e. The van der Waals surface area contributed by atoms with Crippen LogP contribution < -0.4 is 10.1 Å². The molecule has 1 aliphatic heterocycles. The van der Waals surface area contributed by atoms with Crippen molar-refractivity contribution < 1.29 is 23.0 Å². The highest BCUT2D eigenvalue weighted by Gasteiger charge is 2.20. The number of nitrogens with one attached hydrogen (secondary N) is 1. The first-order chi connectivity index (χ1) is 8.15. The van der Waals surface area contributed by atoms with Gasteiger partial charge in [-0.05, 0) is 17.7 Å². The molecular formula is C11H12ClF2NO3. The van der Waals surface area contributed by atoms with Gasteiger partial charge in [-0.1, -0.05) is 12.1 Å². The number of alkyl halides is 2. The van der Waals surface area contributed by atoms with Gasteiger partial charge in [-0.3, -0.25) is 0 Å². The molecule has 1 fully saturated rings. The van der Waals surface area contributed by atoms with E-state index < -0.39 is 12.7 Å². The topological polar surface area (TPSA) is 47.6 Å². The number of cyclic esters (lactones) is 1. The van der Waals surface area contributed by atoms with Crippen LogP contribution in [0.15, 0.2) is 24.3 Å². The average Bonchev–Trinajstić information content (AvgIpc) is 2.29. The second-order valence-electron chi connectivity index (χ2n) is 3.57. The lowest BCUT2D eigenvalue weighted by Crippen LogP contribution is -2.35. The van der Waals surface area contributed by atoms with Crippen LogP contribution in [0.4, 0.5) is 13.6 Å². The van der Waals surface area contributed by atoms with Crippen molar-refractivity contribution in [2.75, 3.05) is 6.61 Å². The third-order valence-electron chi connectivity index (χ3n) is 2.44. The molecule has 0 aromatic heterocycles. The normalized spacial score (nSPS) is 18.6. The maximum atomic E-state index is 11.9. The Bertz CT molecular complexity index is 400. The van der Waals surface area contributed by atoms with Gasteiger partial charge in [0.25, 0.3) is 0 Å². The summed E-state index contributed by atoms with van der Waals surface area (Å²) in [5.74, 6) is 0.0992. The Hall–Kier alpha value is -1.56. The Balaban J connectivity index is 0.00000162. The Labute approximate surface area is 109 Å². The molecule has 1 aromatic carbocycles. The lowest BCUT2D eigenvalue weighted by Gasteiger charge is -2.23. The lowest BCUT2D eigenvalue weighted by molar-refractivity contribution is -0.0498. The predicted octanol–water partition coefficient (Wildman–Crippen LogP) is 2.88. The first kappa shape index (κ1) is 14.5. The fourth-order valence-electron chi connectivity index (χ4n) is 1.66. The minimum absolute atomic E-state index is 0. The first-order valence-corrected chi connectivity index (χ1v) is 5.13. The molecule has 100 valence electrons. The second kappa shape index (κ2) is 6.39. The van der Waals surface area contributed by atoms with E-state index in [2.05, 4.69) is 10.1 Å². The number of carbonyl (C=O) groups is 1. The fraction of sp³-hybridized carbons (Fsp3) is 0.364. The van der Waals surface area contributed by atoms with Crippen LogP contribution in [0.2, 0.25) is 0 Å². The van der Waals surface area contributed by atoms with E-state index in [1.165, 1.54) is 12.1 Å². The zero-order chi connectivity index (χ0) is 12.3. The molecule has 4 nitrogen and oxygen atoms in total. The molecule has 1 aliphatic rings. The summed E-state index contributed by atoms with van der Waals surface area (Å²) in [7, 11) is 0. The van der Waals surface area contributed by atoms with Crippen LogP contribution in [-0.2, 0) is 4.74 Å². The number of alkyl carbamates (subject to hydrolysis) is 1. The average molecular weight is 280 g/mol. The van der Waals surface area contributed by atoms with Crippen LogP contribution in [0, 0.1) is 0 Å². The Morgan fingerprint density at radius 2 is 2.00 bits per heavy atom. The smallest absolute Gasteiger partial charge is 0.407 e. The van der Waals surface area contributed by atoms with Crippen LogP contribution >= 0.6 is 12.4 Å². The van der Waals surface area contributed by atoms with Crippen molar-refractivity contribution in [3.8, 4) is 5.75 Å². The van der Waals surface area contributed by atoms with Gasteiger partial charge in [0.2, 0.25) is 0 Å². The first-order valence-electron chi connectivity index (χ1n) is 5.13. The molecule has 1 N–H and O–H groups in total. The molecule has 1 heterocycles. The van der Waals surface area contributed by atoms with Crippen molar-refractivity contribution in [3.05, 3.63) is 29.8 Å². The van der Waals surface area contributed by atoms with E-state index >= 15 is 0 Å². The minimum Gasteiger partial charge on any atom is -0.449 e. The summed E-state index contributed by atoms with van der Waals surface area (Å²) in [4.78, 5) is 11.0. The fourth-order valence-corrected chi connectivity index (χ4v) is 1.66. The third-order valence-corrected chi connectivity index (χ3v) is 2.44. The number of hydrogen-bond acceptors (Lipinski definition) is 3. The predicted molar refractivity (Wildman–Crippen MR) is 62.2 cm³/mol. The summed E-state index contributed by atoms with van der Waals surface area (Å²) in [6, 6.07) is 6.05. The summed E-state index contributed by atoms with van der Waals surface area (Å²) >= 11 is 0. The van der Waals surface area contributed by atoms with Gasteiger partial charge in [0.1, 0.15) is 5.75 Å². The maximum absolute atomic E-state index is 11.9. The van der Waals surface area contributed by atoms with Gasteiger partial charge in [0.15, 0.2) is 0 Å². The van der Waals surface area contributed by atoms with Gasteiger partial charge in [-0.15, -0.1) is 12.4 Å². The molecule has 18 heavy (non-hydrogen) atoms. The highest BCUT2D eigenvalue weighted by Crippen LogP contribution is 2.23. The van der Waals surface area contributed by atoms with Gasteiger partial charge in [-0.25, -0.2) is 4.79 Å². The number of ether oxygens (including phenoxy) is 2. The van der Waals surface area contributed by atoms with Crippen molar-refractivity contribution in [2.24, 2.45) is 0 Å². The zero-order valence-corrected chi connectivity index (χ0v) is 10.1. The molecular weight excluding hydrogens is 268 g/mol. The van der Waals surface area contributed by atoms with Gasteiger partial charge in [0.05, 0.1) is 12.6 Å². The summed E-state index contributed by atoms with van der Waals surface area (Å²) in [6.07, 6.45) is 0.190. The molecule has 0 unspecified atom stereocenters. The Morgan fingerprint density at radius 1 is 1.33 bits per heavy atom. The highest BCUT2D eigenvalue weighted by molar-refractivity contribution is 5.85. The Kier molecular flexibility index (Phi) is 5.15. The van der Waals surface area contributed by atoms with Crippen LogP contribution in [0.1, 0.15) is 18.0 Å². The van der Waals surface area contributed by atoms with Crippen molar-refractivity contribution in [1.29, 1.82) is 0 Å². The molecule has 1 atom stereocenters. The van der Waals surface area contributed by atoms with Crippen LogP contribution in [0.5, 0.6) is 5.75 Å². The van der Waals surface area contributed by atoms with E-state index in [0.717, 1.165) is 5.56 Å². The molecule has 2 rings (SSSR count). The van der Waals surface area contributed by atoms with Crippen molar-refractivity contribution >= 4 is 18.5 Å². The second-order valence-corrected chi connectivity index (χ2v) is 3.57. The number of rotatable bonds is 3. The quantitative estimate of drug-likeness (QED) is 0.925. The number of hydrogen-bond donors (Lipinski definition) is 1. The minimum atomic E-state index is -2.83. The molecule has 0 saturated carbocycles. The van der Waals surface area contributed by atoms with Crippen molar-refractivity contribution in [2.45, 2.75) is 19.1 Å². The van der Waals surface area contributed by atoms with Crippen molar-refractivity contribution in [1.82, 2.24) is 5.32 Å².